The SMILES string of the molecule is Cc1cc(Nc2ccc(C(=O)O)cc2Cl)cc([N+](=O)[O-])c1. The van der Waals surface area contributed by atoms with Crippen LogP contribution in [-0.4, -0.2) is 16.0 Å². The summed E-state index contributed by atoms with van der Waals surface area (Å²) >= 11 is 6.01. The van der Waals surface area contributed by atoms with Gasteiger partial charge in [-0.25, -0.2) is 4.79 Å². The van der Waals surface area contributed by atoms with Crippen molar-refractivity contribution in [3.05, 3.63) is 62.7 Å². The number of halogens is 1. The number of nitro benzene ring substituents is 1. The molecule has 0 aromatic heterocycles. The van der Waals surface area contributed by atoms with Gasteiger partial charge in [0.1, 0.15) is 0 Å². The molecule has 108 valence electrons. The Morgan fingerprint density at radius 2 is 2.00 bits per heavy atom. The number of non-ortho nitro benzene ring substituents is 1. The van der Waals surface area contributed by atoms with Crippen molar-refractivity contribution in [2.24, 2.45) is 0 Å². The smallest absolute Gasteiger partial charge is 0.335 e. The summed E-state index contributed by atoms with van der Waals surface area (Å²) in [5.74, 6) is -1.07. The molecule has 21 heavy (non-hydrogen) atoms. The number of carboxylic acid groups (broad SMARTS) is 1. The predicted octanol–water partition coefficient (Wildman–Crippen LogP) is 4.00. The van der Waals surface area contributed by atoms with E-state index in [1.807, 2.05) is 0 Å². The number of aryl methyl sites for hydroxylation is 1. The molecule has 2 aromatic carbocycles. The van der Waals surface area contributed by atoms with Crippen LogP contribution in [0.4, 0.5) is 17.1 Å². The monoisotopic (exact) mass is 306 g/mol. The van der Waals surface area contributed by atoms with Gasteiger partial charge >= 0.3 is 5.97 Å². The molecule has 0 saturated heterocycles. The summed E-state index contributed by atoms with van der Waals surface area (Å²) in [4.78, 5) is 21.2. The number of benzene rings is 2. The number of aromatic carboxylic acids is 1. The molecule has 0 heterocycles. The zero-order chi connectivity index (χ0) is 15.6. The van der Waals surface area contributed by atoms with Crippen LogP contribution in [0.3, 0.4) is 0 Å². The van der Waals surface area contributed by atoms with Gasteiger partial charge in [-0.3, -0.25) is 10.1 Å². The molecule has 0 fully saturated rings. The van der Waals surface area contributed by atoms with E-state index in [-0.39, 0.29) is 16.3 Å². The van der Waals surface area contributed by atoms with E-state index in [4.69, 9.17) is 16.7 Å². The molecule has 2 aromatic rings. The average molecular weight is 307 g/mol. The maximum absolute atomic E-state index is 10.8. The third kappa shape index (κ3) is 3.49. The van der Waals surface area contributed by atoms with E-state index in [1.165, 1.54) is 30.3 Å². The molecule has 0 bridgehead atoms. The Hall–Kier alpha value is -2.60. The first-order chi connectivity index (χ1) is 9.86. The van der Waals surface area contributed by atoms with Gasteiger partial charge in [0.2, 0.25) is 0 Å². The van der Waals surface area contributed by atoms with Crippen molar-refractivity contribution in [1.29, 1.82) is 0 Å². The molecule has 0 aliphatic heterocycles. The van der Waals surface area contributed by atoms with Crippen molar-refractivity contribution in [2.75, 3.05) is 5.32 Å². The highest BCUT2D eigenvalue weighted by Crippen LogP contribution is 2.29. The van der Waals surface area contributed by atoms with Crippen molar-refractivity contribution < 1.29 is 14.8 Å². The molecule has 2 rings (SSSR count). The van der Waals surface area contributed by atoms with Crippen LogP contribution in [0.2, 0.25) is 5.02 Å². The topological polar surface area (TPSA) is 92.5 Å². The normalized spacial score (nSPS) is 10.2. The van der Waals surface area contributed by atoms with E-state index in [9.17, 15) is 14.9 Å². The van der Waals surface area contributed by atoms with Gasteiger partial charge in [0.05, 0.1) is 21.2 Å². The number of anilines is 2. The molecule has 0 unspecified atom stereocenters. The first-order valence-electron chi connectivity index (χ1n) is 5.93. The average Bonchev–Trinajstić information content (AvgIpc) is 2.40. The van der Waals surface area contributed by atoms with Crippen molar-refractivity contribution in [1.82, 2.24) is 0 Å². The second-order valence-corrected chi connectivity index (χ2v) is 4.85. The van der Waals surface area contributed by atoms with Crippen LogP contribution in [-0.2, 0) is 0 Å². The fourth-order valence-electron chi connectivity index (χ4n) is 1.85. The van der Waals surface area contributed by atoms with Gasteiger partial charge in [-0.2, -0.15) is 0 Å². The molecular weight excluding hydrogens is 296 g/mol. The lowest BCUT2D eigenvalue weighted by Gasteiger charge is -2.10. The highest BCUT2D eigenvalue weighted by molar-refractivity contribution is 6.33. The summed E-state index contributed by atoms with van der Waals surface area (Å²) in [6.45, 7) is 1.74. The summed E-state index contributed by atoms with van der Waals surface area (Å²) in [5, 5.41) is 22.9. The lowest BCUT2D eigenvalue weighted by atomic mass is 10.1. The Morgan fingerprint density at radius 3 is 2.57 bits per heavy atom. The number of nitrogens with one attached hydrogen (secondary N) is 1. The van der Waals surface area contributed by atoms with Crippen molar-refractivity contribution >= 4 is 34.6 Å². The van der Waals surface area contributed by atoms with Gasteiger partial charge in [0, 0.05) is 17.8 Å². The van der Waals surface area contributed by atoms with Crippen LogP contribution in [0.1, 0.15) is 15.9 Å². The van der Waals surface area contributed by atoms with E-state index in [1.54, 1.807) is 13.0 Å². The second kappa shape index (κ2) is 5.80. The van der Waals surface area contributed by atoms with Crippen molar-refractivity contribution in [3.63, 3.8) is 0 Å². The lowest BCUT2D eigenvalue weighted by molar-refractivity contribution is -0.384. The maximum atomic E-state index is 10.8. The number of nitrogens with zero attached hydrogens (tertiary/aromatic N) is 1. The molecule has 2 N–H and O–H groups in total. The Labute approximate surface area is 125 Å². The van der Waals surface area contributed by atoms with E-state index >= 15 is 0 Å². The molecular formula is C14H11ClN2O4. The Bertz CT molecular complexity index is 731. The number of rotatable bonds is 4. The molecule has 0 atom stereocenters. The Balaban J connectivity index is 2.34. The van der Waals surface area contributed by atoms with Crippen molar-refractivity contribution in [3.8, 4) is 0 Å². The van der Waals surface area contributed by atoms with Crippen LogP contribution in [0.5, 0.6) is 0 Å². The number of hydrogen-bond acceptors (Lipinski definition) is 4. The molecule has 7 heteroatoms. The molecule has 0 spiro atoms. The van der Waals surface area contributed by atoms with Gasteiger partial charge in [0.25, 0.3) is 5.69 Å². The third-order valence-corrected chi connectivity index (χ3v) is 3.08. The van der Waals surface area contributed by atoms with E-state index in [0.29, 0.717) is 11.4 Å². The van der Waals surface area contributed by atoms with Crippen LogP contribution in [0, 0.1) is 17.0 Å². The summed E-state index contributed by atoms with van der Waals surface area (Å²) in [6.07, 6.45) is 0. The summed E-state index contributed by atoms with van der Waals surface area (Å²) < 4.78 is 0. The maximum Gasteiger partial charge on any atom is 0.335 e. The number of hydrogen-bond donors (Lipinski definition) is 2. The fourth-order valence-corrected chi connectivity index (χ4v) is 2.07. The Morgan fingerprint density at radius 1 is 1.29 bits per heavy atom. The van der Waals surface area contributed by atoms with Gasteiger partial charge < -0.3 is 10.4 Å². The van der Waals surface area contributed by atoms with Crippen LogP contribution < -0.4 is 5.32 Å². The van der Waals surface area contributed by atoms with Crippen LogP contribution in [0.25, 0.3) is 0 Å². The first kappa shape index (κ1) is 14.8. The lowest BCUT2D eigenvalue weighted by Crippen LogP contribution is -1.98. The highest BCUT2D eigenvalue weighted by Gasteiger charge is 2.11. The number of carboxylic acids is 1. The van der Waals surface area contributed by atoms with E-state index < -0.39 is 10.9 Å². The fraction of sp³-hybridized carbons (Fsp3) is 0.0714. The summed E-state index contributed by atoms with van der Waals surface area (Å²) in [7, 11) is 0. The van der Waals surface area contributed by atoms with E-state index in [2.05, 4.69) is 5.32 Å². The zero-order valence-corrected chi connectivity index (χ0v) is 11.7. The minimum Gasteiger partial charge on any atom is -0.478 e. The molecule has 0 amide bonds. The third-order valence-electron chi connectivity index (χ3n) is 2.77. The predicted molar refractivity (Wildman–Crippen MR) is 79.5 cm³/mol. The summed E-state index contributed by atoms with van der Waals surface area (Å²) in [6, 6.07) is 8.81. The van der Waals surface area contributed by atoms with E-state index in [0.717, 1.165) is 5.56 Å². The van der Waals surface area contributed by atoms with Crippen LogP contribution >= 0.6 is 11.6 Å². The standard InChI is InChI=1S/C14H11ClN2O4/c1-8-4-10(7-11(5-8)17(20)21)16-13-3-2-9(14(18)19)6-12(13)15/h2-7,16H,1H3,(H,18,19). The summed E-state index contributed by atoms with van der Waals surface area (Å²) in [5.41, 5.74) is 1.75. The number of nitro groups is 1. The van der Waals surface area contributed by atoms with Gasteiger partial charge in [-0.15, -0.1) is 0 Å². The number of carbonyl (C=O) groups is 1. The molecule has 0 radical (unpaired) electrons. The quantitative estimate of drug-likeness (QED) is 0.658. The zero-order valence-electron chi connectivity index (χ0n) is 11.0. The van der Waals surface area contributed by atoms with Gasteiger partial charge in [-0.1, -0.05) is 11.6 Å². The molecule has 0 saturated carbocycles. The van der Waals surface area contributed by atoms with Crippen LogP contribution in [0.15, 0.2) is 36.4 Å². The molecule has 0 aliphatic carbocycles. The highest BCUT2D eigenvalue weighted by atomic mass is 35.5. The second-order valence-electron chi connectivity index (χ2n) is 4.44. The molecule has 6 nitrogen and oxygen atoms in total. The van der Waals surface area contributed by atoms with Gasteiger partial charge in [0.15, 0.2) is 0 Å². The first-order valence-corrected chi connectivity index (χ1v) is 6.30. The minimum atomic E-state index is -1.07. The Kier molecular flexibility index (Phi) is 4.09. The van der Waals surface area contributed by atoms with Gasteiger partial charge in [-0.05, 0) is 36.8 Å². The molecule has 0 aliphatic rings. The minimum absolute atomic E-state index is 0.0317. The van der Waals surface area contributed by atoms with Crippen molar-refractivity contribution in [2.45, 2.75) is 6.92 Å². The largest absolute Gasteiger partial charge is 0.478 e.